The fourth-order valence-electron chi connectivity index (χ4n) is 4.69. The van der Waals surface area contributed by atoms with Crippen LogP contribution in [0.4, 0.5) is 10.5 Å². The van der Waals surface area contributed by atoms with Crippen molar-refractivity contribution in [2.75, 3.05) is 11.9 Å². The van der Waals surface area contributed by atoms with E-state index in [0.717, 1.165) is 18.5 Å². The second kappa shape index (κ2) is 9.47. The van der Waals surface area contributed by atoms with Gasteiger partial charge in [-0.1, -0.05) is 95.5 Å². The van der Waals surface area contributed by atoms with Crippen molar-refractivity contribution < 1.29 is 4.79 Å². The minimum absolute atomic E-state index is 0.0509. The highest BCUT2D eigenvalue weighted by Gasteiger charge is 2.34. The summed E-state index contributed by atoms with van der Waals surface area (Å²) in [5.74, 6) is 0.719. The largest absolute Gasteiger partial charge is 0.337 e. The topological polar surface area (TPSA) is 41.1 Å². The lowest BCUT2D eigenvalue weighted by Crippen LogP contribution is -2.43. The van der Waals surface area contributed by atoms with Crippen molar-refractivity contribution >= 4 is 11.7 Å². The third kappa shape index (κ3) is 5.01. The molecule has 2 N–H and O–H groups in total. The van der Waals surface area contributed by atoms with Gasteiger partial charge in [0.25, 0.3) is 0 Å². The van der Waals surface area contributed by atoms with Crippen LogP contribution in [-0.2, 0) is 5.41 Å². The summed E-state index contributed by atoms with van der Waals surface area (Å²) in [7, 11) is 0. The van der Waals surface area contributed by atoms with E-state index in [-0.39, 0.29) is 11.4 Å². The van der Waals surface area contributed by atoms with Gasteiger partial charge in [0.1, 0.15) is 0 Å². The molecule has 1 fully saturated rings. The van der Waals surface area contributed by atoms with E-state index < -0.39 is 0 Å². The van der Waals surface area contributed by atoms with E-state index >= 15 is 0 Å². The fourth-order valence-corrected chi connectivity index (χ4v) is 4.69. The molecule has 0 bridgehead atoms. The van der Waals surface area contributed by atoms with Crippen molar-refractivity contribution in [1.82, 2.24) is 5.32 Å². The molecule has 1 aliphatic carbocycles. The number of hydrogen-bond donors (Lipinski definition) is 2. The average molecular weight is 393 g/mol. The number of carbonyl (C=O) groups excluding carboxylic acids is 1. The van der Waals surface area contributed by atoms with Crippen LogP contribution < -0.4 is 10.6 Å². The van der Waals surface area contributed by atoms with Crippen LogP contribution in [0.1, 0.15) is 88.3 Å². The number of hydrogen-bond acceptors (Lipinski definition) is 1. The van der Waals surface area contributed by atoms with Gasteiger partial charge in [-0.15, -0.1) is 0 Å². The van der Waals surface area contributed by atoms with E-state index in [1.807, 2.05) is 0 Å². The van der Waals surface area contributed by atoms with Crippen molar-refractivity contribution in [3.63, 3.8) is 0 Å². The van der Waals surface area contributed by atoms with Crippen LogP contribution in [0.2, 0.25) is 0 Å². The maximum atomic E-state index is 13.0. The molecule has 156 valence electrons. The molecular weight excluding hydrogens is 356 g/mol. The lowest BCUT2D eigenvalue weighted by Gasteiger charge is -2.38. The number of rotatable bonds is 6. The summed E-state index contributed by atoms with van der Waals surface area (Å²) in [6.07, 6.45) is 6.02. The van der Waals surface area contributed by atoms with Gasteiger partial charge in [-0.2, -0.15) is 0 Å². The molecule has 3 heteroatoms. The molecule has 0 aliphatic heterocycles. The smallest absolute Gasteiger partial charge is 0.319 e. The average Bonchev–Trinajstić information content (AvgIpc) is 2.73. The first kappa shape index (κ1) is 21.4. The van der Waals surface area contributed by atoms with E-state index in [2.05, 4.69) is 86.9 Å². The molecule has 0 aromatic heterocycles. The van der Waals surface area contributed by atoms with Gasteiger partial charge >= 0.3 is 6.03 Å². The second-order valence-corrected chi connectivity index (χ2v) is 9.14. The van der Waals surface area contributed by atoms with Crippen LogP contribution in [0.3, 0.4) is 0 Å². The predicted octanol–water partition coefficient (Wildman–Crippen LogP) is 6.96. The lowest BCUT2D eigenvalue weighted by molar-refractivity contribution is 0.240. The second-order valence-electron chi connectivity index (χ2n) is 9.14. The van der Waals surface area contributed by atoms with Crippen molar-refractivity contribution in [3.8, 4) is 0 Å². The van der Waals surface area contributed by atoms with E-state index in [4.69, 9.17) is 0 Å². The molecule has 0 radical (unpaired) electrons. The zero-order valence-corrected chi connectivity index (χ0v) is 18.4. The zero-order chi connectivity index (χ0) is 20.9. The van der Waals surface area contributed by atoms with E-state index in [0.29, 0.717) is 18.4 Å². The summed E-state index contributed by atoms with van der Waals surface area (Å²) in [5, 5.41) is 6.42. The Hall–Kier alpha value is -2.29. The van der Waals surface area contributed by atoms with Gasteiger partial charge < -0.3 is 10.6 Å². The Bertz CT molecular complexity index is 778. The van der Waals surface area contributed by atoms with Gasteiger partial charge in [-0.3, -0.25) is 0 Å². The van der Waals surface area contributed by atoms with E-state index in [9.17, 15) is 4.79 Å². The first-order chi connectivity index (χ1) is 13.9. The number of carbonyl (C=O) groups is 1. The predicted molar refractivity (Wildman–Crippen MR) is 123 cm³/mol. The molecule has 0 heterocycles. The summed E-state index contributed by atoms with van der Waals surface area (Å²) in [6, 6.07) is 17.0. The van der Waals surface area contributed by atoms with Crippen LogP contribution in [-0.4, -0.2) is 12.6 Å². The molecule has 0 spiro atoms. The number of nitrogens with one attached hydrogen (secondary N) is 2. The quantitative estimate of drug-likeness (QED) is 0.548. The van der Waals surface area contributed by atoms with E-state index in [1.54, 1.807) is 0 Å². The van der Waals surface area contributed by atoms with Crippen molar-refractivity contribution in [3.05, 3.63) is 65.2 Å². The van der Waals surface area contributed by atoms with Crippen LogP contribution in [0.15, 0.2) is 48.5 Å². The van der Waals surface area contributed by atoms with Gasteiger partial charge in [0.05, 0.1) is 0 Å². The van der Waals surface area contributed by atoms with E-state index in [1.165, 1.54) is 36.0 Å². The lowest BCUT2D eigenvalue weighted by atomic mass is 9.69. The molecule has 0 unspecified atom stereocenters. The van der Waals surface area contributed by atoms with Crippen LogP contribution in [0.25, 0.3) is 0 Å². The van der Waals surface area contributed by atoms with Crippen molar-refractivity contribution in [1.29, 1.82) is 0 Å². The number of amides is 2. The van der Waals surface area contributed by atoms with Gasteiger partial charge in [0.15, 0.2) is 0 Å². The highest BCUT2D eigenvalue weighted by Crippen LogP contribution is 2.39. The van der Waals surface area contributed by atoms with Gasteiger partial charge in [-0.25, -0.2) is 4.79 Å². The van der Waals surface area contributed by atoms with Crippen molar-refractivity contribution in [2.45, 2.75) is 77.0 Å². The molecule has 0 atom stereocenters. The molecule has 2 amide bonds. The first-order valence-electron chi connectivity index (χ1n) is 11.2. The third-order valence-corrected chi connectivity index (χ3v) is 6.40. The summed E-state index contributed by atoms with van der Waals surface area (Å²) in [6.45, 7) is 9.39. The van der Waals surface area contributed by atoms with Crippen LogP contribution in [0, 0.1) is 0 Å². The summed E-state index contributed by atoms with van der Waals surface area (Å²) < 4.78 is 0. The monoisotopic (exact) mass is 392 g/mol. The first-order valence-corrected chi connectivity index (χ1v) is 11.2. The number of benzene rings is 2. The molecule has 2 aromatic carbocycles. The molecule has 29 heavy (non-hydrogen) atoms. The molecule has 3 rings (SSSR count). The third-order valence-electron chi connectivity index (χ3n) is 6.40. The Balaban J connectivity index is 1.77. The number of anilines is 1. The fraction of sp³-hybridized carbons (Fsp3) is 0.500. The highest BCUT2D eigenvalue weighted by atomic mass is 16.2. The van der Waals surface area contributed by atoms with Gasteiger partial charge in [0, 0.05) is 17.6 Å². The van der Waals surface area contributed by atoms with Crippen LogP contribution in [0.5, 0.6) is 0 Å². The normalized spacial score (nSPS) is 16.1. The molecule has 0 saturated heterocycles. The number of urea groups is 1. The highest BCUT2D eigenvalue weighted by molar-refractivity contribution is 5.91. The maximum Gasteiger partial charge on any atom is 0.319 e. The Morgan fingerprint density at radius 2 is 1.45 bits per heavy atom. The van der Waals surface area contributed by atoms with Crippen molar-refractivity contribution in [2.24, 2.45) is 0 Å². The molecule has 2 aromatic rings. The Labute approximate surface area is 176 Å². The Morgan fingerprint density at radius 3 is 2.00 bits per heavy atom. The Kier molecular flexibility index (Phi) is 7.00. The summed E-state index contributed by atoms with van der Waals surface area (Å²) in [5.41, 5.74) is 4.77. The minimum atomic E-state index is -0.0964. The molecule has 1 aliphatic rings. The summed E-state index contributed by atoms with van der Waals surface area (Å²) >= 11 is 0. The zero-order valence-electron chi connectivity index (χ0n) is 18.4. The summed E-state index contributed by atoms with van der Waals surface area (Å²) in [4.78, 5) is 13.0. The van der Waals surface area contributed by atoms with Gasteiger partial charge in [-0.05, 0) is 41.4 Å². The minimum Gasteiger partial charge on any atom is -0.337 e. The maximum absolute atomic E-state index is 13.0. The van der Waals surface area contributed by atoms with Gasteiger partial charge in [0.2, 0.25) is 0 Å². The molecular formula is C26H36N2O. The van der Waals surface area contributed by atoms with Crippen LogP contribution >= 0.6 is 0 Å². The SMILES string of the molecule is CC(C)c1cccc(C(C)C)c1NC(=O)NCC1(c2ccccc2)CCCCC1. The number of para-hydroxylation sites is 1. The molecule has 3 nitrogen and oxygen atoms in total. The Morgan fingerprint density at radius 1 is 0.862 bits per heavy atom. The molecule has 1 saturated carbocycles. The standard InChI is InChI=1S/C26H36N2O/c1-19(2)22-14-11-15-23(20(3)4)24(22)28-25(29)27-18-26(16-9-6-10-17-26)21-12-7-5-8-13-21/h5,7-8,11-15,19-20H,6,9-10,16-18H2,1-4H3,(H2,27,28,29).